The Hall–Kier alpha value is -1.46. The van der Waals surface area contributed by atoms with Gasteiger partial charge in [-0.3, -0.25) is 9.69 Å². The zero-order chi connectivity index (χ0) is 12.5. The summed E-state index contributed by atoms with van der Waals surface area (Å²) >= 11 is 1.72. The predicted molar refractivity (Wildman–Crippen MR) is 72.4 cm³/mol. The molecule has 1 amide bonds. The number of thiazole rings is 1. The predicted octanol–water partition coefficient (Wildman–Crippen LogP) is 1.92. The normalized spacial score (nSPS) is 20.6. The highest BCUT2D eigenvalue weighted by atomic mass is 32.1. The summed E-state index contributed by atoms with van der Waals surface area (Å²) in [5.74, 6) is -0.261. The van der Waals surface area contributed by atoms with Crippen molar-refractivity contribution in [3.8, 4) is 0 Å². The van der Waals surface area contributed by atoms with Crippen molar-refractivity contribution in [3.63, 3.8) is 0 Å². The van der Waals surface area contributed by atoms with Crippen molar-refractivity contribution in [2.45, 2.75) is 18.9 Å². The quantitative estimate of drug-likeness (QED) is 0.918. The Morgan fingerprint density at radius 3 is 3.11 bits per heavy atom. The number of aromatic nitrogens is 1. The zero-order valence-corrected chi connectivity index (χ0v) is 10.8. The maximum absolute atomic E-state index is 11.1. The molecule has 1 fully saturated rings. The Balaban J connectivity index is 1.90. The Bertz CT molecular complexity index is 547. The molecule has 94 valence electrons. The second-order valence-electron chi connectivity index (χ2n) is 4.61. The van der Waals surface area contributed by atoms with Gasteiger partial charge in [0.2, 0.25) is 5.91 Å². The van der Waals surface area contributed by atoms with E-state index in [4.69, 9.17) is 5.73 Å². The van der Waals surface area contributed by atoms with Gasteiger partial charge in [0, 0.05) is 0 Å². The number of primary amides is 1. The van der Waals surface area contributed by atoms with Crippen molar-refractivity contribution in [1.82, 2.24) is 9.88 Å². The van der Waals surface area contributed by atoms with E-state index in [2.05, 4.69) is 16.0 Å². The number of nitrogens with zero attached hydrogens (tertiary/aromatic N) is 2. The van der Waals surface area contributed by atoms with Crippen molar-refractivity contribution in [3.05, 3.63) is 29.3 Å². The van der Waals surface area contributed by atoms with Gasteiger partial charge in [0.15, 0.2) is 0 Å². The van der Waals surface area contributed by atoms with Crippen LogP contribution in [0, 0.1) is 0 Å². The number of rotatable bonds is 3. The van der Waals surface area contributed by atoms with E-state index in [-0.39, 0.29) is 11.9 Å². The number of fused-ring (bicyclic) bond motifs is 1. The van der Waals surface area contributed by atoms with Gasteiger partial charge in [0.25, 0.3) is 0 Å². The molecule has 1 atom stereocenters. The van der Waals surface area contributed by atoms with Crippen LogP contribution in [0.5, 0.6) is 0 Å². The minimum absolute atomic E-state index is 0.259. The second kappa shape index (κ2) is 4.66. The fourth-order valence-electron chi connectivity index (χ4n) is 2.53. The molecule has 5 heteroatoms. The molecule has 2 heterocycles. The van der Waals surface area contributed by atoms with E-state index in [0.717, 1.165) is 29.9 Å². The lowest BCUT2D eigenvalue weighted by Gasteiger charge is -2.20. The molecule has 0 unspecified atom stereocenters. The third-order valence-corrected chi connectivity index (χ3v) is 4.46. The molecular formula is C13H15N3OS. The maximum atomic E-state index is 11.1. The smallest absolute Gasteiger partial charge is 0.231 e. The van der Waals surface area contributed by atoms with Crippen LogP contribution in [0.1, 0.15) is 23.9 Å². The summed E-state index contributed by atoms with van der Waals surface area (Å²) in [6, 6.07) is 8.41. The largest absolute Gasteiger partial charge is 0.369 e. The van der Waals surface area contributed by atoms with Gasteiger partial charge in [-0.15, -0.1) is 11.3 Å². The highest BCUT2D eigenvalue weighted by Gasteiger charge is 2.29. The Kier molecular flexibility index (Phi) is 3.01. The van der Waals surface area contributed by atoms with Gasteiger partial charge in [-0.05, 0) is 31.5 Å². The number of benzene rings is 1. The van der Waals surface area contributed by atoms with Crippen LogP contribution in [-0.2, 0) is 4.79 Å². The van der Waals surface area contributed by atoms with Crippen molar-refractivity contribution >= 4 is 27.5 Å². The first-order chi connectivity index (χ1) is 8.74. The van der Waals surface area contributed by atoms with Gasteiger partial charge < -0.3 is 5.73 Å². The lowest BCUT2D eigenvalue weighted by molar-refractivity contribution is -0.119. The maximum Gasteiger partial charge on any atom is 0.231 e. The van der Waals surface area contributed by atoms with Crippen molar-refractivity contribution in [2.75, 3.05) is 13.1 Å². The Morgan fingerprint density at radius 1 is 1.50 bits per heavy atom. The van der Waals surface area contributed by atoms with E-state index in [1.807, 2.05) is 18.2 Å². The molecule has 1 aliphatic heterocycles. The number of likely N-dealkylation sites (tertiary alicyclic amines) is 1. The highest BCUT2D eigenvalue weighted by Crippen LogP contribution is 2.35. The summed E-state index contributed by atoms with van der Waals surface area (Å²) < 4.78 is 1.21. The lowest BCUT2D eigenvalue weighted by Crippen LogP contribution is -2.33. The molecule has 4 nitrogen and oxygen atoms in total. The van der Waals surface area contributed by atoms with Gasteiger partial charge >= 0.3 is 0 Å². The summed E-state index contributed by atoms with van der Waals surface area (Å²) in [4.78, 5) is 17.9. The first-order valence-electron chi connectivity index (χ1n) is 6.12. The summed E-state index contributed by atoms with van der Waals surface area (Å²) in [6.45, 7) is 1.27. The van der Waals surface area contributed by atoms with Crippen molar-refractivity contribution < 1.29 is 4.79 Å². The Labute approximate surface area is 109 Å². The van der Waals surface area contributed by atoms with Crippen molar-refractivity contribution in [1.29, 1.82) is 0 Å². The Morgan fingerprint density at radius 2 is 2.33 bits per heavy atom. The minimum Gasteiger partial charge on any atom is -0.369 e. The molecule has 1 aliphatic rings. The molecule has 1 saturated heterocycles. The molecule has 3 rings (SSSR count). The molecule has 1 aromatic heterocycles. The van der Waals surface area contributed by atoms with Gasteiger partial charge in [-0.25, -0.2) is 4.98 Å². The summed E-state index contributed by atoms with van der Waals surface area (Å²) in [5, 5.41) is 1.11. The molecule has 0 aliphatic carbocycles. The molecule has 0 spiro atoms. The summed E-state index contributed by atoms with van der Waals surface area (Å²) in [5.41, 5.74) is 6.33. The van der Waals surface area contributed by atoms with E-state index in [1.165, 1.54) is 4.70 Å². The molecular weight excluding hydrogens is 246 g/mol. The van der Waals surface area contributed by atoms with Gasteiger partial charge in [0.05, 0.1) is 22.8 Å². The second-order valence-corrected chi connectivity index (χ2v) is 5.68. The van der Waals surface area contributed by atoms with Crippen LogP contribution in [0.4, 0.5) is 0 Å². The summed E-state index contributed by atoms with van der Waals surface area (Å²) in [7, 11) is 0. The van der Waals surface area contributed by atoms with Crippen LogP contribution in [0.25, 0.3) is 10.2 Å². The third kappa shape index (κ3) is 2.11. The number of carbonyl (C=O) groups excluding carboxylic acids is 1. The van der Waals surface area contributed by atoms with E-state index in [0.29, 0.717) is 6.54 Å². The molecule has 18 heavy (non-hydrogen) atoms. The lowest BCUT2D eigenvalue weighted by atomic mass is 10.2. The van der Waals surface area contributed by atoms with E-state index >= 15 is 0 Å². The highest BCUT2D eigenvalue weighted by molar-refractivity contribution is 7.18. The molecule has 0 radical (unpaired) electrons. The molecule has 0 saturated carbocycles. The number of hydrogen-bond acceptors (Lipinski definition) is 4. The third-order valence-electron chi connectivity index (χ3n) is 3.32. The number of amides is 1. The van der Waals surface area contributed by atoms with Crippen LogP contribution < -0.4 is 5.73 Å². The first-order valence-corrected chi connectivity index (χ1v) is 6.93. The zero-order valence-electron chi connectivity index (χ0n) is 10.0. The average Bonchev–Trinajstić information content (AvgIpc) is 2.93. The van der Waals surface area contributed by atoms with E-state index in [1.54, 1.807) is 11.3 Å². The van der Waals surface area contributed by atoms with Crippen LogP contribution in [0.3, 0.4) is 0 Å². The van der Waals surface area contributed by atoms with Crippen LogP contribution in [0.2, 0.25) is 0 Å². The summed E-state index contributed by atoms with van der Waals surface area (Å²) in [6.07, 6.45) is 2.17. The van der Waals surface area contributed by atoms with E-state index in [9.17, 15) is 4.79 Å². The molecule has 2 N–H and O–H groups in total. The molecule has 0 bridgehead atoms. The average molecular weight is 261 g/mol. The van der Waals surface area contributed by atoms with Crippen molar-refractivity contribution in [2.24, 2.45) is 5.73 Å². The van der Waals surface area contributed by atoms with Gasteiger partial charge in [-0.1, -0.05) is 12.1 Å². The fourth-order valence-corrected chi connectivity index (χ4v) is 3.66. The molecule has 1 aromatic carbocycles. The van der Waals surface area contributed by atoms with Crippen LogP contribution in [-0.4, -0.2) is 28.9 Å². The first kappa shape index (κ1) is 11.6. The standard InChI is InChI=1S/C13H15N3OS/c14-12(17)8-16-7-3-5-10(16)13-15-9-4-1-2-6-11(9)18-13/h1-2,4,6,10H,3,5,7-8H2,(H2,14,17)/t10-/m0/s1. The number of nitrogens with two attached hydrogens (primary N) is 1. The van der Waals surface area contributed by atoms with Crippen LogP contribution >= 0.6 is 11.3 Å². The topological polar surface area (TPSA) is 59.2 Å². The fraction of sp³-hybridized carbons (Fsp3) is 0.385. The minimum atomic E-state index is -0.261. The number of hydrogen-bond donors (Lipinski definition) is 1. The monoisotopic (exact) mass is 261 g/mol. The molecule has 2 aromatic rings. The van der Waals surface area contributed by atoms with Gasteiger partial charge in [-0.2, -0.15) is 0 Å². The van der Waals surface area contributed by atoms with Gasteiger partial charge in [0.1, 0.15) is 5.01 Å². The van der Waals surface area contributed by atoms with Crippen LogP contribution in [0.15, 0.2) is 24.3 Å². The van der Waals surface area contributed by atoms with E-state index < -0.39 is 0 Å². The number of carbonyl (C=O) groups is 1. The SMILES string of the molecule is NC(=O)CN1CCC[C@H]1c1nc2ccccc2s1. The number of para-hydroxylation sites is 1.